The highest BCUT2D eigenvalue weighted by Gasteiger charge is 2.19. The van der Waals surface area contributed by atoms with Crippen molar-refractivity contribution in [3.8, 4) is 0 Å². The van der Waals surface area contributed by atoms with E-state index in [4.69, 9.17) is 4.42 Å². The molecule has 0 fully saturated rings. The summed E-state index contributed by atoms with van der Waals surface area (Å²) >= 11 is 0. The first-order chi connectivity index (χ1) is 10.5. The molecule has 0 amide bonds. The maximum absolute atomic E-state index is 12.1. The van der Waals surface area contributed by atoms with Gasteiger partial charge in [-0.3, -0.25) is 4.68 Å². The maximum atomic E-state index is 12.1. The van der Waals surface area contributed by atoms with Crippen molar-refractivity contribution < 1.29 is 12.8 Å². The average Bonchev–Trinajstić information content (AvgIpc) is 3.11. The van der Waals surface area contributed by atoms with Crippen molar-refractivity contribution in [2.75, 3.05) is 6.54 Å². The van der Waals surface area contributed by atoms with Gasteiger partial charge in [0.05, 0.1) is 6.20 Å². The van der Waals surface area contributed by atoms with E-state index in [-0.39, 0.29) is 17.4 Å². The maximum Gasteiger partial charge on any atom is 0.243 e. The van der Waals surface area contributed by atoms with Gasteiger partial charge in [-0.25, -0.2) is 18.1 Å². The van der Waals surface area contributed by atoms with E-state index < -0.39 is 10.0 Å². The van der Waals surface area contributed by atoms with Crippen LogP contribution in [0.5, 0.6) is 0 Å². The van der Waals surface area contributed by atoms with Crippen molar-refractivity contribution >= 4 is 21.1 Å². The van der Waals surface area contributed by atoms with Gasteiger partial charge in [0.2, 0.25) is 10.0 Å². The number of para-hydroxylation sites is 2. The van der Waals surface area contributed by atoms with Crippen molar-refractivity contribution in [1.82, 2.24) is 19.5 Å². The highest BCUT2D eigenvalue weighted by atomic mass is 32.2. The summed E-state index contributed by atoms with van der Waals surface area (Å²) in [5, 5.41) is 3.86. The Bertz CT molecular complexity index is 865. The van der Waals surface area contributed by atoms with Crippen molar-refractivity contribution in [2.24, 2.45) is 7.05 Å². The molecule has 0 aliphatic rings. The Labute approximate surface area is 128 Å². The molecular formula is C14H16N4O3S. The number of aromatic nitrogens is 3. The van der Waals surface area contributed by atoms with Gasteiger partial charge in [0, 0.05) is 25.7 Å². The molecule has 0 saturated carbocycles. The molecule has 0 radical (unpaired) electrons. The molecule has 1 atom stereocenters. The molecule has 8 heteroatoms. The molecule has 7 nitrogen and oxygen atoms in total. The number of nitrogens with zero attached hydrogens (tertiary/aromatic N) is 3. The lowest BCUT2D eigenvalue weighted by molar-refractivity contribution is 0.480. The quantitative estimate of drug-likeness (QED) is 0.772. The van der Waals surface area contributed by atoms with Gasteiger partial charge in [-0.2, -0.15) is 5.10 Å². The summed E-state index contributed by atoms with van der Waals surface area (Å²) in [6.45, 7) is 2.06. The Hall–Kier alpha value is -2.19. The topological polar surface area (TPSA) is 90.0 Å². The molecule has 1 unspecified atom stereocenters. The molecule has 0 bridgehead atoms. The SMILES string of the molecule is CC(CNS(=O)(=O)c1cnn(C)c1)c1nc2ccccc2o1. The fraction of sp³-hybridized carbons (Fsp3) is 0.286. The number of oxazole rings is 1. The Morgan fingerprint density at radius 2 is 2.14 bits per heavy atom. The van der Waals surface area contributed by atoms with Crippen molar-refractivity contribution in [3.05, 3.63) is 42.5 Å². The van der Waals surface area contributed by atoms with Crippen LogP contribution in [0.2, 0.25) is 0 Å². The predicted molar refractivity (Wildman–Crippen MR) is 80.8 cm³/mol. The number of hydrogen-bond donors (Lipinski definition) is 1. The third-order valence-electron chi connectivity index (χ3n) is 3.30. The molecule has 1 aromatic carbocycles. The van der Waals surface area contributed by atoms with Crippen LogP contribution in [0.4, 0.5) is 0 Å². The number of aryl methyl sites for hydroxylation is 1. The summed E-state index contributed by atoms with van der Waals surface area (Å²) in [6.07, 6.45) is 2.76. The Balaban J connectivity index is 1.73. The standard InChI is InChI=1S/C14H16N4O3S/c1-10(14-17-12-5-3-4-6-13(12)21-14)7-16-22(19,20)11-8-15-18(2)9-11/h3-6,8-10,16H,7H2,1-2H3. The van der Waals surface area contributed by atoms with Crippen LogP contribution in [-0.4, -0.2) is 29.7 Å². The zero-order valence-electron chi connectivity index (χ0n) is 12.2. The predicted octanol–water partition coefficient (Wildman–Crippen LogP) is 1.64. The highest BCUT2D eigenvalue weighted by molar-refractivity contribution is 7.89. The van der Waals surface area contributed by atoms with E-state index in [0.29, 0.717) is 11.5 Å². The highest BCUT2D eigenvalue weighted by Crippen LogP contribution is 2.21. The van der Waals surface area contributed by atoms with Gasteiger partial charge in [0.1, 0.15) is 10.4 Å². The molecule has 22 heavy (non-hydrogen) atoms. The molecule has 2 aromatic heterocycles. The summed E-state index contributed by atoms with van der Waals surface area (Å²) in [6, 6.07) is 7.44. The number of benzene rings is 1. The summed E-state index contributed by atoms with van der Waals surface area (Å²) in [5.41, 5.74) is 1.46. The van der Waals surface area contributed by atoms with E-state index in [2.05, 4.69) is 14.8 Å². The second-order valence-corrected chi connectivity index (χ2v) is 6.89. The van der Waals surface area contributed by atoms with Crippen LogP contribution in [0.1, 0.15) is 18.7 Å². The summed E-state index contributed by atoms with van der Waals surface area (Å²) in [7, 11) is -1.91. The van der Waals surface area contributed by atoms with E-state index in [9.17, 15) is 8.42 Å². The van der Waals surface area contributed by atoms with Crippen LogP contribution >= 0.6 is 0 Å². The average molecular weight is 320 g/mol. The minimum absolute atomic E-state index is 0.139. The smallest absolute Gasteiger partial charge is 0.243 e. The Kier molecular flexibility index (Phi) is 3.71. The summed E-state index contributed by atoms with van der Waals surface area (Å²) in [5.74, 6) is 0.328. The van der Waals surface area contributed by atoms with Crippen molar-refractivity contribution in [1.29, 1.82) is 0 Å². The summed E-state index contributed by atoms with van der Waals surface area (Å²) in [4.78, 5) is 4.51. The zero-order valence-corrected chi connectivity index (χ0v) is 13.0. The second-order valence-electron chi connectivity index (χ2n) is 5.12. The van der Waals surface area contributed by atoms with E-state index >= 15 is 0 Å². The van der Waals surface area contributed by atoms with Crippen LogP contribution < -0.4 is 4.72 Å². The van der Waals surface area contributed by atoms with Gasteiger partial charge in [0.15, 0.2) is 11.5 Å². The van der Waals surface area contributed by atoms with Crippen LogP contribution in [0.25, 0.3) is 11.1 Å². The number of sulfonamides is 1. The normalized spacial score (nSPS) is 13.5. The summed E-state index contributed by atoms with van der Waals surface area (Å²) < 4.78 is 33.9. The molecule has 0 saturated heterocycles. The Morgan fingerprint density at radius 1 is 1.36 bits per heavy atom. The van der Waals surface area contributed by atoms with Gasteiger partial charge in [-0.1, -0.05) is 19.1 Å². The largest absolute Gasteiger partial charge is 0.440 e. The molecule has 0 aliphatic carbocycles. The van der Waals surface area contributed by atoms with Gasteiger partial charge in [-0.15, -0.1) is 0 Å². The minimum atomic E-state index is -3.58. The molecule has 1 N–H and O–H groups in total. The minimum Gasteiger partial charge on any atom is -0.440 e. The second kappa shape index (κ2) is 5.54. The first-order valence-corrected chi connectivity index (χ1v) is 8.28. The van der Waals surface area contributed by atoms with Crippen LogP contribution in [-0.2, 0) is 17.1 Å². The molecule has 3 rings (SSSR count). The fourth-order valence-electron chi connectivity index (χ4n) is 2.04. The lowest BCUT2D eigenvalue weighted by atomic mass is 10.2. The van der Waals surface area contributed by atoms with E-state index in [1.807, 2.05) is 31.2 Å². The van der Waals surface area contributed by atoms with Gasteiger partial charge < -0.3 is 4.42 Å². The van der Waals surface area contributed by atoms with Crippen LogP contribution in [0.15, 0.2) is 46.0 Å². The van der Waals surface area contributed by atoms with Crippen molar-refractivity contribution in [3.63, 3.8) is 0 Å². The monoisotopic (exact) mass is 320 g/mol. The van der Waals surface area contributed by atoms with E-state index in [0.717, 1.165) is 5.52 Å². The molecule has 3 aromatic rings. The molecule has 0 spiro atoms. The van der Waals surface area contributed by atoms with Gasteiger partial charge in [0.25, 0.3) is 0 Å². The third kappa shape index (κ3) is 2.88. The van der Waals surface area contributed by atoms with E-state index in [1.165, 1.54) is 17.1 Å². The number of fused-ring (bicyclic) bond motifs is 1. The number of rotatable bonds is 5. The van der Waals surface area contributed by atoms with Crippen LogP contribution in [0.3, 0.4) is 0 Å². The lowest BCUT2D eigenvalue weighted by Crippen LogP contribution is -2.27. The fourth-order valence-corrected chi connectivity index (χ4v) is 3.16. The molecule has 0 aliphatic heterocycles. The van der Waals surface area contributed by atoms with E-state index in [1.54, 1.807) is 7.05 Å². The lowest BCUT2D eigenvalue weighted by Gasteiger charge is -2.08. The molecular weight excluding hydrogens is 304 g/mol. The first-order valence-electron chi connectivity index (χ1n) is 6.79. The molecule has 2 heterocycles. The van der Waals surface area contributed by atoms with Crippen molar-refractivity contribution in [2.45, 2.75) is 17.7 Å². The third-order valence-corrected chi connectivity index (χ3v) is 4.68. The Morgan fingerprint density at radius 3 is 2.82 bits per heavy atom. The molecule has 116 valence electrons. The number of nitrogens with one attached hydrogen (secondary N) is 1. The first kappa shape index (κ1) is 14.7. The van der Waals surface area contributed by atoms with Crippen LogP contribution in [0, 0.1) is 0 Å². The van der Waals surface area contributed by atoms with Gasteiger partial charge in [-0.05, 0) is 12.1 Å². The number of hydrogen-bond acceptors (Lipinski definition) is 5. The van der Waals surface area contributed by atoms with Gasteiger partial charge >= 0.3 is 0 Å². The zero-order chi connectivity index (χ0) is 15.7.